The number of hydrogen-bond acceptors (Lipinski definition) is 2. The van der Waals surface area contributed by atoms with Crippen LogP contribution in [0, 0.1) is 19.3 Å². The second-order valence-corrected chi connectivity index (χ2v) is 8.53. The zero-order valence-corrected chi connectivity index (χ0v) is 18.2. The predicted octanol–water partition coefficient (Wildman–Crippen LogP) is 7.09. The van der Waals surface area contributed by atoms with Gasteiger partial charge in [-0.15, -0.1) is 0 Å². The lowest BCUT2D eigenvalue weighted by molar-refractivity contribution is -0.124. The fourth-order valence-electron chi connectivity index (χ4n) is 2.58. The van der Waals surface area contributed by atoms with Gasteiger partial charge >= 0.3 is 0 Å². The van der Waals surface area contributed by atoms with E-state index in [0.29, 0.717) is 33.8 Å². The molecule has 3 nitrogen and oxygen atoms in total. The van der Waals surface area contributed by atoms with Crippen molar-refractivity contribution >= 4 is 46.4 Å². The Bertz CT molecular complexity index is 834. The van der Waals surface area contributed by atoms with Crippen molar-refractivity contribution in [3.05, 3.63) is 56.5 Å². The first-order chi connectivity index (χ1) is 12.6. The number of hydrogen-bond donors (Lipinski definition) is 1. The van der Waals surface area contributed by atoms with Crippen molar-refractivity contribution in [2.24, 2.45) is 5.41 Å². The SMILES string of the molecule is Cc1ccc(C)c(OCCCC(C)(C)C(=O)Nc2cc(Cl)c(Cl)cc2Cl)c1. The van der Waals surface area contributed by atoms with Crippen molar-refractivity contribution in [3.8, 4) is 5.75 Å². The summed E-state index contributed by atoms with van der Waals surface area (Å²) in [6, 6.07) is 9.21. The van der Waals surface area contributed by atoms with Gasteiger partial charge in [-0.1, -0.05) is 60.8 Å². The Hall–Kier alpha value is -1.42. The standard InChI is InChI=1S/C21H24Cl3NO2/c1-13-6-7-14(2)19(10-13)27-9-5-8-21(3,4)20(26)25-18-12-16(23)15(22)11-17(18)24/h6-7,10-12H,5,8-9H2,1-4H3,(H,25,26). The molecule has 0 aromatic heterocycles. The molecule has 0 aliphatic carbocycles. The molecule has 1 N–H and O–H groups in total. The van der Waals surface area contributed by atoms with Crippen molar-refractivity contribution in [2.45, 2.75) is 40.5 Å². The molecule has 0 bridgehead atoms. The number of ether oxygens (including phenoxy) is 1. The molecule has 2 aromatic carbocycles. The molecular weight excluding hydrogens is 405 g/mol. The predicted molar refractivity (Wildman–Crippen MR) is 115 cm³/mol. The van der Waals surface area contributed by atoms with Crippen molar-refractivity contribution in [2.75, 3.05) is 11.9 Å². The van der Waals surface area contributed by atoms with Gasteiger partial charge in [0.1, 0.15) is 5.75 Å². The Morgan fingerprint density at radius 2 is 1.70 bits per heavy atom. The monoisotopic (exact) mass is 427 g/mol. The first kappa shape index (κ1) is 21.9. The number of halogens is 3. The van der Waals surface area contributed by atoms with E-state index in [1.165, 1.54) is 6.07 Å². The molecule has 1 amide bonds. The first-order valence-corrected chi connectivity index (χ1v) is 9.89. The van der Waals surface area contributed by atoms with Crippen LogP contribution >= 0.6 is 34.8 Å². The molecule has 146 valence electrons. The van der Waals surface area contributed by atoms with Crippen LogP contribution in [0.15, 0.2) is 30.3 Å². The number of amides is 1. The average molecular weight is 429 g/mol. The molecule has 6 heteroatoms. The number of rotatable bonds is 7. The van der Waals surface area contributed by atoms with E-state index in [9.17, 15) is 4.79 Å². The highest BCUT2D eigenvalue weighted by Crippen LogP contribution is 2.34. The number of anilines is 1. The Labute approximate surface area is 176 Å². The molecule has 2 rings (SSSR count). The van der Waals surface area contributed by atoms with E-state index in [-0.39, 0.29) is 5.91 Å². The molecule has 0 unspecified atom stereocenters. The van der Waals surface area contributed by atoms with Gasteiger partial charge in [0.15, 0.2) is 0 Å². The number of carbonyl (C=O) groups excluding carboxylic acids is 1. The molecule has 0 heterocycles. The van der Waals surface area contributed by atoms with Crippen molar-refractivity contribution in [3.63, 3.8) is 0 Å². The number of nitrogens with one attached hydrogen (secondary N) is 1. The van der Waals surface area contributed by atoms with E-state index in [2.05, 4.69) is 11.4 Å². The van der Waals surface area contributed by atoms with Gasteiger partial charge in [0.25, 0.3) is 0 Å². The van der Waals surface area contributed by atoms with E-state index in [4.69, 9.17) is 39.5 Å². The summed E-state index contributed by atoms with van der Waals surface area (Å²) in [7, 11) is 0. The van der Waals surface area contributed by atoms with E-state index in [1.54, 1.807) is 6.07 Å². The molecule has 0 aliphatic heterocycles. The lowest BCUT2D eigenvalue weighted by Gasteiger charge is -2.24. The van der Waals surface area contributed by atoms with Crippen LogP contribution in [0.1, 0.15) is 37.8 Å². The van der Waals surface area contributed by atoms with E-state index in [1.807, 2.05) is 39.8 Å². The van der Waals surface area contributed by atoms with Crippen LogP contribution in [0.4, 0.5) is 5.69 Å². The van der Waals surface area contributed by atoms with Gasteiger partial charge < -0.3 is 10.1 Å². The van der Waals surface area contributed by atoms with Gasteiger partial charge in [-0.25, -0.2) is 0 Å². The zero-order chi connectivity index (χ0) is 20.2. The van der Waals surface area contributed by atoms with Crippen LogP contribution in [0.2, 0.25) is 15.1 Å². The van der Waals surface area contributed by atoms with Crippen LogP contribution in [0.5, 0.6) is 5.75 Å². The third-order valence-corrected chi connectivity index (χ3v) is 5.46. The normalized spacial score (nSPS) is 11.4. The number of carbonyl (C=O) groups is 1. The molecule has 0 fully saturated rings. The minimum atomic E-state index is -0.583. The molecule has 0 radical (unpaired) electrons. The maximum Gasteiger partial charge on any atom is 0.230 e. The molecule has 0 aliphatic rings. The molecule has 27 heavy (non-hydrogen) atoms. The minimum Gasteiger partial charge on any atom is -0.493 e. The quantitative estimate of drug-likeness (QED) is 0.377. The first-order valence-electron chi connectivity index (χ1n) is 8.76. The van der Waals surface area contributed by atoms with Gasteiger partial charge in [-0.3, -0.25) is 4.79 Å². The molecule has 2 aromatic rings. The maximum absolute atomic E-state index is 12.7. The van der Waals surface area contributed by atoms with Crippen LogP contribution in [0.25, 0.3) is 0 Å². The van der Waals surface area contributed by atoms with Crippen LogP contribution in [0.3, 0.4) is 0 Å². The minimum absolute atomic E-state index is 0.130. The van der Waals surface area contributed by atoms with Crippen molar-refractivity contribution in [1.29, 1.82) is 0 Å². The summed E-state index contributed by atoms with van der Waals surface area (Å²) in [6.07, 6.45) is 1.42. The van der Waals surface area contributed by atoms with E-state index >= 15 is 0 Å². The van der Waals surface area contributed by atoms with Gasteiger partial charge in [0.2, 0.25) is 5.91 Å². The lowest BCUT2D eigenvalue weighted by Crippen LogP contribution is -2.31. The molecule has 0 saturated carbocycles. The largest absolute Gasteiger partial charge is 0.493 e. The third kappa shape index (κ3) is 6.03. The Balaban J connectivity index is 1.91. The van der Waals surface area contributed by atoms with E-state index in [0.717, 1.165) is 23.3 Å². The van der Waals surface area contributed by atoms with Crippen LogP contribution in [-0.2, 0) is 4.79 Å². The summed E-state index contributed by atoms with van der Waals surface area (Å²) in [4.78, 5) is 12.7. The van der Waals surface area contributed by atoms with Crippen LogP contribution < -0.4 is 10.1 Å². The summed E-state index contributed by atoms with van der Waals surface area (Å²) in [5.41, 5.74) is 2.14. The zero-order valence-electron chi connectivity index (χ0n) is 16.0. The Kier molecular flexibility index (Phi) is 7.44. The molecule has 0 saturated heterocycles. The summed E-state index contributed by atoms with van der Waals surface area (Å²) < 4.78 is 5.87. The topological polar surface area (TPSA) is 38.3 Å². The summed E-state index contributed by atoms with van der Waals surface area (Å²) in [5.74, 6) is 0.759. The fraction of sp³-hybridized carbons (Fsp3) is 0.381. The number of benzene rings is 2. The lowest BCUT2D eigenvalue weighted by atomic mass is 9.87. The Morgan fingerprint density at radius 1 is 1.04 bits per heavy atom. The smallest absolute Gasteiger partial charge is 0.230 e. The van der Waals surface area contributed by atoms with E-state index < -0.39 is 5.41 Å². The van der Waals surface area contributed by atoms with Crippen molar-refractivity contribution in [1.82, 2.24) is 0 Å². The van der Waals surface area contributed by atoms with Gasteiger partial charge in [-0.2, -0.15) is 0 Å². The number of aryl methyl sites for hydroxylation is 2. The van der Waals surface area contributed by atoms with Gasteiger partial charge in [0, 0.05) is 5.41 Å². The maximum atomic E-state index is 12.7. The summed E-state index contributed by atoms with van der Waals surface area (Å²) in [6.45, 7) is 8.40. The third-order valence-electron chi connectivity index (χ3n) is 4.42. The summed E-state index contributed by atoms with van der Waals surface area (Å²) in [5, 5.41) is 3.89. The molecule has 0 spiro atoms. The molecule has 0 atom stereocenters. The average Bonchev–Trinajstić information content (AvgIpc) is 2.59. The second-order valence-electron chi connectivity index (χ2n) is 7.31. The van der Waals surface area contributed by atoms with Crippen molar-refractivity contribution < 1.29 is 9.53 Å². The molecular formula is C21H24Cl3NO2. The highest BCUT2D eigenvalue weighted by molar-refractivity contribution is 6.44. The Morgan fingerprint density at radius 3 is 2.41 bits per heavy atom. The van der Waals surface area contributed by atoms with Crippen LogP contribution in [-0.4, -0.2) is 12.5 Å². The summed E-state index contributed by atoms with van der Waals surface area (Å²) >= 11 is 18.1. The van der Waals surface area contributed by atoms with Gasteiger partial charge in [-0.05, 0) is 56.0 Å². The highest BCUT2D eigenvalue weighted by Gasteiger charge is 2.28. The van der Waals surface area contributed by atoms with Gasteiger partial charge in [0.05, 0.1) is 27.4 Å². The fourth-order valence-corrected chi connectivity index (χ4v) is 3.18. The second kappa shape index (κ2) is 9.18. The highest BCUT2D eigenvalue weighted by atomic mass is 35.5.